The molecule has 0 N–H and O–H groups in total. The predicted molar refractivity (Wildman–Crippen MR) is 263 cm³/mol. The summed E-state index contributed by atoms with van der Waals surface area (Å²) in [6.07, 6.45) is 3.51. The first-order valence-electron chi connectivity index (χ1n) is 21.4. The van der Waals surface area contributed by atoms with Crippen LogP contribution in [0.4, 0.5) is 17.1 Å². The number of hydrogen-bond donors (Lipinski definition) is 0. The number of unbranched alkanes of at least 4 members (excludes halogenated alkanes) is 1. The maximum Gasteiger partial charge on any atom is 0.159 e. The number of furan rings is 1. The summed E-state index contributed by atoms with van der Waals surface area (Å²) < 4.78 is 9.54. The Labute approximate surface area is 358 Å². The van der Waals surface area contributed by atoms with Crippen molar-refractivity contribution in [3.63, 3.8) is 0 Å². The van der Waals surface area contributed by atoms with Crippen molar-refractivity contribution in [1.82, 2.24) is 0 Å². The fraction of sp³-hybridized carbons (Fsp3) is 0.0690. The van der Waals surface area contributed by atoms with Crippen molar-refractivity contribution in [2.24, 2.45) is 0 Å². The zero-order valence-corrected chi connectivity index (χ0v) is 34.7. The van der Waals surface area contributed by atoms with Gasteiger partial charge in [0, 0.05) is 42.3 Å². The standard InChI is InChI=1S/C58H41NOS/c1-2-3-13-37-24-26-39(27-25-37)40-16-11-17-42(32-40)59(54-22-12-21-48-52-33-41(38-14-5-4-6-15-38)28-31-55(52)60-58(48)54)43-29-30-46-49(34-43)44-18-7-8-19-45(44)50-35-53-47-20-9-10-23-56(47)61-57(53)36-51(46)50/h4-12,14-36H,2-3,13H2,1H3. The van der Waals surface area contributed by atoms with Crippen molar-refractivity contribution in [1.29, 1.82) is 0 Å². The SMILES string of the molecule is CCCCc1ccc(-c2cccc(N(c3ccc4c(c3)c3ccccc3c3cc5c(cc43)sc3ccccc35)c3cccc4c3oc3ccc(-c5ccccc5)cc34)c2)cc1. The minimum absolute atomic E-state index is 0.865. The molecule has 0 saturated heterocycles. The van der Waals surface area contributed by atoms with Gasteiger partial charge in [-0.25, -0.2) is 0 Å². The Balaban J connectivity index is 1.09. The summed E-state index contributed by atoms with van der Waals surface area (Å²) in [6, 6.07) is 71.5. The summed E-state index contributed by atoms with van der Waals surface area (Å²) >= 11 is 1.88. The first-order chi connectivity index (χ1) is 30.2. The van der Waals surface area contributed by atoms with Crippen LogP contribution in [0.25, 0.3) is 96.7 Å². The Morgan fingerprint density at radius 3 is 1.89 bits per heavy atom. The van der Waals surface area contributed by atoms with Crippen LogP contribution in [-0.4, -0.2) is 0 Å². The molecule has 10 aromatic carbocycles. The molecule has 2 nitrogen and oxygen atoms in total. The Morgan fingerprint density at radius 1 is 0.410 bits per heavy atom. The van der Waals surface area contributed by atoms with Crippen LogP contribution in [0.1, 0.15) is 25.3 Å². The average Bonchev–Trinajstić information content (AvgIpc) is 3.89. The van der Waals surface area contributed by atoms with E-state index in [0.717, 1.165) is 45.4 Å². The molecule has 0 unspecified atom stereocenters. The van der Waals surface area contributed by atoms with Gasteiger partial charge in [-0.3, -0.25) is 0 Å². The first-order valence-corrected chi connectivity index (χ1v) is 22.2. The molecule has 3 heteroatoms. The molecule has 2 aromatic heterocycles. The highest BCUT2D eigenvalue weighted by atomic mass is 32.1. The number of thiophene rings is 1. The maximum absolute atomic E-state index is 6.90. The number of anilines is 3. The van der Waals surface area contributed by atoms with E-state index < -0.39 is 0 Å². The number of aryl methyl sites for hydroxylation is 1. The average molecular weight is 800 g/mol. The molecule has 61 heavy (non-hydrogen) atoms. The summed E-state index contributed by atoms with van der Waals surface area (Å²) in [6.45, 7) is 2.25. The summed E-state index contributed by atoms with van der Waals surface area (Å²) in [5, 5.41) is 12.4. The second kappa shape index (κ2) is 14.5. The van der Waals surface area contributed by atoms with Crippen LogP contribution in [-0.2, 0) is 6.42 Å². The van der Waals surface area contributed by atoms with Gasteiger partial charge < -0.3 is 9.32 Å². The number of benzene rings is 10. The molecule has 0 spiro atoms. The van der Waals surface area contributed by atoms with Crippen molar-refractivity contribution < 1.29 is 4.42 Å². The number of para-hydroxylation sites is 1. The highest BCUT2D eigenvalue weighted by Crippen LogP contribution is 2.47. The van der Waals surface area contributed by atoms with E-state index in [0.29, 0.717) is 0 Å². The molecule has 0 atom stereocenters. The molecule has 0 aliphatic rings. The van der Waals surface area contributed by atoms with E-state index in [2.05, 4.69) is 206 Å². The van der Waals surface area contributed by atoms with Crippen molar-refractivity contribution in [2.45, 2.75) is 26.2 Å². The molecule has 0 amide bonds. The lowest BCUT2D eigenvalue weighted by atomic mass is 9.92. The largest absolute Gasteiger partial charge is 0.454 e. The molecule has 290 valence electrons. The molecular weight excluding hydrogens is 759 g/mol. The van der Waals surface area contributed by atoms with Crippen LogP contribution in [0, 0.1) is 0 Å². The number of nitrogens with zero attached hydrogens (tertiary/aromatic N) is 1. The van der Waals surface area contributed by atoms with Crippen LogP contribution in [0.3, 0.4) is 0 Å². The molecule has 0 aliphatic heterocycles. The summed E-state index contributed by atoms with van der Waals surface area (Å²) in [4.78, 5) is 2.40. The molecule has 12 aromatic rings. The van der Waals surface area contributed by atoms with Gasteiger partial charge in [-0.15, -0.1) is 11.3 Å². The second-order valence-electron chi connectivity index (χ2n) is 16.3. The minimum atomic E-state index is 0.865. The van der Waals surface area contributed by atoms with Gasteiger partial charge in [-0.1, -0.05) is 147 Å². The number of fused-ring (bicyclic) bond motifs is 12. The highest BCUT2D eigenvalue weighted by molar-refractivity contribution is 7.25. The van der Waals surface area contributed by atoms with Gasteiger partial charge in [0.15, 0.2) is 5.58 Å². The first kappa shape index (κ1) is 35.7. The fourth-order valence-electron chi connectivity index (χ4n) is 9.57. The molecule has 0 aliphatic carbocycles. The highest BCUT2D eigenvalue weighted by Gasteiger charge is 2.22. The lowest BCUT2D eigenvalue weighted by Crippen LogP contribution is -2.10. The Morgan fingerprint density at radius 2 is 1.05 bits per heavy atom. The van der Waals surface area contributed by atoms with Gasteiger partial charge in [0.05, 0.1) is 5.69 Å². The van der Waals surface area contributed by atoms with Gasteiger partial charge in [0.1, 0.15) is 5.58 Å². The quantitative estimate of drug-likeness (QED) is 0.142. The van der Waals surface area contributed by atoms with Crippen molar-refractivity contribution in [3.05, 3.63) is 200 Å². The summed E-state index contributed by atoms with van der Waals surface area (Å²) in [5.74, 6) is 0. The molecule has 2 heterocycles. The van der Waals surface area contributed by atoms with Crippen LogP contribution in [0.15, 0.2) is 199 Å². The van der Waals surface area contributed by atoms with Crippen molar-refractivity contribution >= 4 is 103 Å². The van der Waals surface area contributed by atoms with Crippen LogP contribution >= 0.6 is 11.3 Å². The van der Waals surface area contributed by atoms with Crippen molar-refractivity contribution in [3.8, 4) is 22.3 Å². The third kappa shape index (κ3) is 5.99. The summed E-state index contributed by atoms with van der Waals surface area (Å²) in [7, 11) is 0. The lowest BCUT2D eigenvalue weighted by Gasteiger charge is -2.27. The number of rotatable bonds is 8. The van der Waals surface area contributed by atoms with Gasteiger partial charge in [-0.2, -0.15) is 0 Å². The van der Waals surface area contributed by atoms with Crippen LogP contribution < -0.4 is 4.90 Å². The Hall–Kier alpha value is -7.20. The van der Waals surface area contributed by atoms with E-state index in [1.165, 1.54) is 93.1 Å². The van der Waals surface area contributed by atoms with Gasteiger partial charge in [0.2, 0.25) is 0 Å². The molecule has 0 bridgehead atoms. The Bertz CT molecular complexity index is 3630. The lowest BCUT2D eigenvalue weighted by molar-refractivity contribution is 0.669. The topological polar surface area (TPSA) is 16.4 Å². The third-order valence-electron chi connectivity index (χ3n) is 12.6. The van der Waals surface area contributed by atoms with E-state index >= 15 is 0 Å². The minimum Gasteiger partial charge on any atom is -0.454 e. The molecule has 0 saturated carbocycles. The van der Waals surface area contributed by atoms with E-state index in [4.69, 9.17) is 4.42 Å². The number of hydrogen-bond acceptors (Lipinski definition) is 3. The van der Waals surface area contributed by atoms with Crippen LogP contribution in [0.5, 0.6) is 0 Å². The molecule has 0 radical (unpaired) electrons. The van der Waals surface area contributed by atoms with E-state index in [1.54, 1.807) is 0 Å². The summed E-state index contributed by atoms with van der Waals surface area (Å²) in [5.41, 5.74) is 11.0. The fourth-order valence-corrected chi connectivity index (χ4v) is 10.7. The maximum atomic E-state index is 6.90. The van der Waals surface area contributed by atoms with Gasteiger partial charge in [-0.05, 0) is 134 Å². The van der Waals surface area contributed by atoms with E-state index in [-0.39, 0.29) is 0 Å². The van der Waals surface area contributed by atoms with E-state index in [1.807, 2.05) is 11.3 Å². The van der Waals surface area contributed by atoms with E-state index in [9.17, 15) is 0 Å². The molecular formula is C58H41NOS. The third-order valence-corrected chi connectivity index (χ3v) is 13.7. The normalized spacial score (nSPS) is 11.9. The monoisotopic (exact) mass is 799 g/mol. The van der Waals surface area contributed by atoms with Crippen LogP contribution in [0.2, 0.25) is 0 Å². The van der Waals surface area contributed by atoms with Crippen molar-refractivity contribution in [2.75, 3.05) is 4.90 Å². The zero-order chi connectivity index (χ0) is 40.4. The predicted octanol–water partition coefficient (Wildman–Crippen LogP) is 17.6. The van der Waals surface area contributed by atoms with Gasteiger partial charge >= 0.3 is 0 Å². The van der Waals surface area contributed by atoms with Gasteiger partial charge in [0.25, 0.3) is 0 Å². The Kier molecular flexibility index (Phi) is 8.50. The second-order valence-corrected chi connectivity index (χ2v) is 17.4. The molecule has 0 fully saturated rings. The zero-order valence-electron chi connectivity index (χ0n) is 33.9. The smallest absolute Gasteiger partial charge is 0.159 e. The molecule has 12 rings (SSSR count).